The minimum atomic E-state index is -0.319. The highest BCUT2D eigenvalue weighted by molar-refractivity contribution is 5.94. The molecule has 4 aliphatic rings. The topological polar surface area (TPSA) is 69.7 Å². The van der Waals surface area contributed by atoms with E-state index in [4.69, 9.17) is 9.47 Å². The van der Waals surface area contributed by atoms with Crippen LogP contribution >= 0.6 is 0 Å². The molecule has 0 saturated heterocycles. The first-order chi connectivity index (χ1) is 17.4. The van der Waals surface area contributed by atoms with E-state index >= 15 is 0 Å². The number of hydrogen-bond acceptors (Lipinski definition) is 5. The molecule has 4 aliphatic carbocycles. The molecule has 0 aromatic carbocycles. The fourth-order valence-electron chi connectivity index (χ4n) is 8.90. The zero-order valence-corrected chi connectivity index (χ0v) is 23.9. The summed E-state index contributed by atoms with van der Waals surface area (Å²) in [5, 5.41) is 0. The molecule has 0 bridgehead atoms. The van der Waals surface area contributed by atoms with E-state index in [1.165, 1.54) is 32.3 Å². The number of fused-ring (bicyclic) bond motifs is 5. The first-order valence-electron chi connectivity index (χ1n) is 14.6. The standard InChI is InChI=1S/C32H48O5/c1-19(2)20(3)8-9-21(4)26-10-11-27-30-28(13-14-31(26,27)7)32(18-36-22(5)33)15-12-25(37-23(6)34)16-24(32)17-29(30)35/h17,19,21,25-28,30H,3,8-16,18H2,1-2,4-7H3/t21-,25-,26+,27-,28-,30-,31+,32+/m0/s1. The Morgan fingerprint density at radius 2 is 1.78 bits per heavy atom. The van der Waals surface area contributed by atoms with Gasteiger partial charge in [-0.05, 0) is 92.4 Å². The SMILES string of the molecule is C=C(CC[C@H](C)[C@H]1CC[C@H]2[C@@H]3C(=O)C=C4C[C@@H](OC(C)=O)CC[C@]4(COC(C)=O)[C@H]3CC[C@]12C)C(C)C. The monoisotopic (exact) mass is 512 g/mol. The Morgan fingerprint density at radius 1 is 1.05 bits per heavy atom. The average molecular weight is 513 g/mol. The number of ketones is 1. The van der Waals surface area contributed by atoms with Crippen molar-refractivity contribution in [1.82, 2.24) is 0 Å². The van der Waals surface area contributed by atoms with Crippen LogP contribution in [-0.4, -0.2) is 30.4 Å². The van der Waals surface area contributed by atoms with Crippen LogP contribution in [0.15, 0.2) is 23.8 Å². The lowest BCUT2D eigenvalue weighted by atomic mass is 9.46. The van der Waals surface area contributed by atoms with E-state index in [1.54, 1.807) is 0 Å². The second-order valence-electron chi connectivity index (χ2n) is 13.3. The molecule has 0 aromatic rings. The summed E-state index contributed by atoms with van der Waals surface area (Å²) in [4.78, 5) is 37.4. The molecule has 4 rings (SSSR count). The fraction of sp³-hybridized carbons (Fsp3) is 0.781. The van der Waals surface area contributed by atoms with Crippen LogP contribution in [0, 0.1) is 46.3 Å². The van der Waals surface area contributed by atoms with Crippen LogP contribution in [-0.2, 0) is 23.9 Å². The van der Waals surface area contributed by atoms with E-state index in [0.717, 1.165) is 44.1 Å². The number of ether oxygens (including phenoxy) is 2. The molecular weight excluding hydrogens is 464 g/mol. The smallest absolute Gasteiger partial charge is 0.302 e. The molecule has 0 N–H and O–H groups in total. The predicted octanol–water partition coefficient (Wildman–Crippen LogP) is 6.85. The highest BCUT2D eigenvalue weighted by Gasteiger charge is 2.63. The number of carbonyl (C=O) groups excluding carboxylic acids is 3. The number of hydrogen-bond donors (Lipinski definition) is 0. The van der Waals surface area contributed by atoms with E-state index in [2.05, 4.69) is 34.3 Å². The lowest BCUT2D eigenvalue weighted by Crippen LogP contribution is -2.56. The Labute approximate surface area is 223 Å². The average Bonchev–Trinajstić information content (AvgIpc) is 3.18. The van der Waals surface area contributed by atoms with Gasteiger partial charge in [-0.3, -0.25) is 14.4 Å². The normalized spacial score (nSPS) is 37.6. The molecule has 0 aliphatic heterocycles. The summed E-state index contributed by atoms with van der Waals surface area (Å²) in [6.45, 7) is 16.9. The lowest BCUT2D eigenvalue weighted by Gasteiger charge is -2.58. The number of esters is 2. The molecule has 37 heavy (non-hydrogen) atoms. The zero-order chi connectivity index (χ0) is 27.1. The lowest BCUT2D eigenvalue weighted by molar-refractivity contribution is -0.156. The molecule has 5 heteroatoms. The highest BCUT2D eigenvalue weighted by Crippen LogP contribution is 2.67. The molecule has 5 nitrogen and oxygen atoms in total. The van der Waals surface area contributed by atoms with Gasteiger partial charge in [0.15, 0.2) is 5.78 Å². The van der Waals surface area contributed by atoms with Crippen molar-refractivity contribution in [2.24, 2.45) is 46.3 Å². The maximum absolute atomic E-state index is 13.8. The minimum absolute atomic E-state index is 0.00818. The highest BCUT2D eigenvalue weighted by atomic mass is 16.5. The van der Waals surface area contributed by atoms with E-state index in [0.29, 0.717) is 36.7 Å². The van der Waals surface area contributed by atoms with Gasteiger partial charge in [0, 0.05) is 31.6 Å². The minimum Gasteiger partial charge on any atom is -0.465 e. The van der Waals surface area contributed by atoms with Crippen LogP contribution in [0.4, 0.5) is 0 Å². The third-order valence-corrected chi connectivity index (χ3v) is 11.0. The second-order valence-corrected chi connectivity index (χ2v) is 13.3. The van der Waals surface area contributed by atoms with Crippen LogP contribution in [0.5, 0.6) is 0 Å². The van der Waals surface area contributed by atoms with Gasteiger partial charge in [-0.1, -0.05) is 45.4 Å². The Balaban J connectivity index is 1.60. The molecule has 0 heterocycles. The molecule has 0 amide bonds. The first kappa shape index (κ1) is 28.1. The quantitative estimate of drug-likeness (QED) is 0.263. The van der Waals surface area contributed by atoms with Gasteiger partial charge in [-0.2, -0.15) is 0 Å². The number of carbonyl (C=O) groups is 3. The fourth-order valence-corrected chi connectivity index (χ4v) is 8.90. The largest absolute Gasteiger partial charge is 0.465 e. The summed E-state index contributed by atoms with van der Waals surface area (Å²) < 4.78 is 11.3. The molecular formula is C32H48O5. The van der Waals surface area contributed by atoms with Crippen molar-refractivity contribution in [3.8, 4) is 0 Å². The van der Waals surface area contributed by atoms with Crippen molar-refractivity contribution < 1.29 is 23.9 Å². The van der Waals surface area contributed by atoms with Crippen molar-refractivity contribution >= 4 is 17.7 Å². The van der Waals surface area contributed by atoms with Crippen molar-refractivity contribution in [3.05, 3.63) is 23.8 Å². The van der Waals surface area contributed by atoms with Crippen molar-refractivity contribution in [3.63, 3.8) is 0 Å². The summed E-state index contributed by atoms with van der Waals surface area (Å²) in [6, 6.07) is 0. The van der Waals surface area contributed by atoms with Gasteiger partial charge >= 0.3 is 11.9 Å². The third-order valence-electron chi connectivity index (χ3n) is 11.0. The van der Waals surface area contributed by atoms with Gasteiger partial charge in [0.05, 0.1) is 0 Å². The molecule has 206 valence electrons. The van der Waals surface area contributed by atoms with Crippen molar-refractivity contribution in [2.45, 2.75) is 105 Å². The van der Waals surface area contributed by atoms with Crippen LogP contribution in [0.3, 0.4) is 0 Å². The van der Waals surface area contributed by atoms with Gasteiger partial charge in [-0.25, -0.2) is 0 Å². The van der Waals surface area contributed by atoms with E-state index in [9.17, 15) is 14.4 Å². The van der Waals surface area contributed by atoms with Crippen LogP contribution in [0.1, 0.15) is 99.3 Å². The van der Waals surface area contributed by atoms with Gasteiger partial charge in [0.2, 0.25) is 0 Å². The Kier molecular flexibility index (Phi) is 8.12. The summed E-state index contributed by atoms with van der Waals surface area (Å²) in [5.74, 6) is 2.01. The summed E-state index contributed by atoms with van der Waals surface area (Å²) in [6.07, 6.45) is 10.4. The Hall–Kier alpha value is -1.91. The van der Waals surface area contributed by atoms with Gasteiger partial charge in [0.25, 0.3) is 0 Å². The maximum atomic E-state index is 13.8. The number of rotatable bonds is 8. The molecule has 8 atom stereocenters. The Morgan fingerprint density at radius 3 is 2.43 bits per heavy atom. The molecule has 0 radical (unpaired) electrons. The van der Waals surface area contributed by atoms with E-state index in [-0.39, 0.29) is 46.5 Å². The van der Waals surface area contributed by atoms with Crippen molar-refractivity contribution in [2.75, 3.05) is 6.61 Å². The Bertz CT molecular complexity index is 962. The molecule has 3 fully saturated rings. The molecule has 0 spiro atoms. The summed E-state index contributed by atoms with van der Waals surface area (Å²) in [5.41, 5.74) is 2.22. The van der Waals surface area contributed by atoms with Crippen molar-refractivity contribution in [1.29, 1.82) is 0 Å². The van der Waals surface area contributed by atoms with Crippen LogP contribution in [0.25, 0.3) is 0 Å². The van der Waals surface area contributed by atoms with E-state index < -0.39 is 0 Å². The molecule has 3 saturated carbocycles. The first-order valence-corrected chi connectivity index (χ1v) is 14.6. The molecule has 0 aromatic heterocycles. The predicted molar refractivity (Wildman–Crippen MR) is 144 cm³/mol. The van der Waals surface area contributed by atoms with Gasteiger partial charge in [-0.15, -0.1) is 0 Å². The molecule has 0 unspecified atom stereocenters. The van der Waals surface area contributed by atoms with Gasteiger partial charge < -0.3 is 9.47 Å². The zero-order valence-electron chi connectivity index (χ0n) is 23.9. The third kappa shape index (κ3) is 5.21. The number of allylic oxidation sites excluding steroid dienone is 2. The van der Waals surface area contributed by atoms with E-state index in [1.807, 2.05) is 6.08 Å². The maximum Gasteiger partial charge on any atom is 0.302 e. The van der Waals surface area contributed by atoms with Gasteiger partial charge in [0.1, 0.15) is 12.7 Å². The summed E-state index contributed by atoms with van der Waals surface area (Å²) >= 11 is 0. The van der Waals surface area contributed by atoms with Crippen LogP contribution < -0.4 is 0 Å². The van der Waals surface area contributed by atoms with Crippen LogP contribution in [0.2, 0.25) is 0 Å². The second kappa shape index (κ2) is 10.7. The summed E-state index contributed by atoms with van der Waals surface area (Å²) in [7, 11) is 0.